The number of carbonyl (C=O) groups excluding carboxylic acids is 1. The fourth-order valence-corrected chi connectivity index (χ4v) is 3.28. The second-order valence-electron chi connectivity index (χ2n) is 6.56. The first-order valence-corrected chi connectivity index (χ1v) is 9.08. The fourth-order valence-electron chi connectivity index (χ4n) is 3.28. The Labute approximate surface area is 149 Å². The molecule has 1 amide bonds. The van der Waals surface area contributed by atoms with E-state index in [9.17, 15) is 4.79 Å². The number of amides is 1. The third-order valence-corrected chi connectivity index (χ3v) is 4.90. The zero-order chi connectivity index (χ0) is 17.6. The van der Waals surface area contributed by atoms with E-state index < -0.39 is 0 Å². The average molecular weight is 341 g/mol. The summed E-state index contributed by atoms with van der Waals surface area (Å²) in [6, 6.07) is 4.07. The van der Waals surface area contributed by atoms with Crippen molar-refractivity contribution in [3.8, 4) is 0 Å². The second-order valence-corrected chi connectivity index (χ2v) is 6.56. The van der Waals surface area contributed by atoms with E-state index in [1.165, 1.54) is 5.56 Å². The molecule has 0 aromatic carbocycles. The summed E-state index contributed by atoms with van der Waals surface area (Å²) >= 11 is 0. The molecule has 0 aliphatic carbocycles. The standard InChI is InChI=1S/C19H27N5O/c1-3-18-21-8-10-23(18)9-6-19(25)24-13-11-22(12-14-24)15-17-16(2)5-4-7-20-17/h4-5,7-8,10H,3,6,9,11-15H2,1-2H3. The van der Waals surface area contributed by atoms with E-state index in [0.29, 0.717) is 6.42 Å². The van der Waals surface area contributed by atoms with Crippen LogP contribution in [-0.4, -0.2) is 56.4 Å². The molecule has 1 aliphatic heterocycles. The maximum Gasteiger partial charge on any atom is 0.224 e. The van der Waals surface area contributed by atoms with Gasteiger partial charge in [-0.15, -0.1) is 0 Å². The van der Waals surface area contributed by atoms with E-state index in [-0.39, 0.29) is 5.91 Å². The molecular formula is C19H27N5O. The van der Waals surface area contributed by atoms with Crippen LogP contribution in [0.5, 0.6) is 0 Å². The second kappa shape index (κ2) is 8.25. The Morgan fingerprint density at radius 1 is 1.16 bits per heavy atom. The highest BCUT2D eigenvalue weighted by Gasteiger charge is 2.21. The predicted molar refractivity (Wildman–Crippen MR) is 97.1 cm³/mol. The fraction of sp³-hybridized carbons (Fsp3) is 0.526. The normalized spacial score (nSPS) is 15.5. The van der Waals surface area contributed by atoms with Crippen LogP contribution in [0.15, 0.2) is 30.7 Å². The molecule has 0 spiro atoms. The average Bonchev–Trinajstić information content (AvgIpc) is 3.10. The number of carbonyl (C=O) groups is 1. The lowest BCUT2D eigenvalue weighted by Crippen LogP contribution is -2.48. The van der Waals surface area contributed by atoms with Crippen molar-refractivity contribution in [3.63, 3.8) is 0 Å². The Morgan fingerprint density at radius 3 is 2.68 bits per heavy atom. The van der Waals surface area contributed by atoms with Gasteiger partial charge in [0.25, 0.3) is 0 Å². The van der Waals surface area contributed by atoms with Gasteiger partial charge in [0.1, 0.15) is 5.82 Å². The van der Waals surface area contributed by atoms with Gasteiger partial charge in [0, 0.05) is 70.7 Å². The van der Waals surface area contributed by atoms with E-state index in [4.69, 9.17) is 0 Å². The maximum atomic E-state index is 12.5. The summed E-state index contributed by atoms with van der Waals surface area (Å²) < 4.78 is 2.08. The van der Waals surface area contributed by atoms with E-state index in [1.54, 1.807) is 0 Å². The number of aromatic nitrogens is 3. The smallest absolute Gasteiger partial charge is 0.224 e. The van der Waals surface area contributed by atoms with Gasteiger partial charge in [-0.3, -0.25) is 14.7 Å². The lowest BCUT2D eigenvalue weighted by atomic mass is 10.2. The summed E-state index contributed by atoms with van der Waals surface area (Å²) in [5, 5.41) is 0. The van der Waals surface area contributed by atoms with Crippen LogP contribution in [0.4, 0.5) is 0 Å². The number of rotatable bonds is 6. The highest BCUT2D eigenvalue weighted by Crippen LogP contribution is 2.11. The molecule has 3 heterocycles. The van der Waals surface area contributed by atoms with Crippen molar-refractivity contribution >= 4 is 5.91 Å². The summed E-state index contributed by atoms with van der Waals surface area (Å²) in [7, 11) is 0. The lowest BCUT2D eigenvalue weighted by molar-refractivity contribution is -0.133. The Balaban J connectivity index is 1.45. The van der Waals surface area contributed by atoms with Crippen LogP contribution in [0.3, 0.4) is 0 Å². The third-order valence-electron chi connectivity index (χ3n) is 4.90. The number of hydrogen-bond donors (Lipinski definition) is 0. The molecule has 0 radical (unpaired) electrons. The van der Waals surface area contributed by atoms with Crippen molar-refractivity contribution in [1.82, 2.24) is 24.3 Å². The van der Waals surface area contributed by atoms with E-state index in [0.717, 1.165) is 57.2 Å². The largest absolute Gasteiger partial charge is 0.340 e. The molecule has 1 fully saturated rings. The van der Waals surface area contributed by atoms with E-state index >= 15 is 0 Å². The molecule has 3 rings (SSSR count). The van der Waals surface area contributed by atoms with Gasteiger partial charge >= 0.3 is 0 Å². The maximum absolute atomic E-state index is 12.5. The summed E-state index contributed by atoms with van der Waals surface area (Å²) in [6.45, 7) is 9.19. The zero-order valence-corrected chi connectivity index (χ0v) is 15.2. The quantitative estimate of drug-likeness (QED) is 0.805. The number of hydrogen-bond acceptors (Lipinski definition) is 4. The first kappa shape index (κ1) is 17.6. The number of piperazine rings is 1. The van der Waals surface area contributed by atoms with Crippen molar-refractivity contribution in [2.45, 2.75) is 39.8 Å². The van der Waals surface area contributed by atoms with Gasteiger partial charge in [0.05, 0.1) is 5.69 Å². The van der Waals surface area contributed by atoms with Crippen molar-refractivity contribution < 1.29 is 4.79 Å². The van der Waals surface area contributed by atoms with Gasteiger partial charge in [0.2, 0.25) is 5.91 Å². The molecule has 6 nitrogen and oxygen atoms in total. The minimum absolute atomic E-state index is 0.240. The molecule has 0 atom stereocenters. The molecule has 6 heteroatoms. The van der Waals surface area contributed by atoms with Crippen molar-refractivity contribution in [1.29, 1.82) is 0 Å². The van der Waals surface area contributed by atoms with Crippen LogP contribution in [-0.2, 0) is 24.3 Å². The minimum atomic E-state index is 0.240. The number of pyridine rings is 1. The molecule has 1 saturated heterocycles. The molecule has 2 aromatic heterocycles. The van der Waals surface area contributed by atoms with Crippen molar-refractivity contribution in [3.05, 3.63) is 47.8 Å². The van der Waals surface area contributed by atoms with Gasteiger partial charge in [-0.05, 0) is 18.6 Å². The number of nitrogens with zero attached hydrogens (tertiary/aromatic N) is 5. The number of imidazole rings is 1. The van der Waals surface area contributed by atoms with E-state index in [1.807, 2.05) is 29.6 Å². The third kappa shape index (κ3) is 4.45. The molecule has 2 aromatic rings. The van der Waals surface area contributed by atoms with Crippen LogP contribution in [0.1, 0.15) is 30.4 Å². The molecule has 0 unspecified atom stereocenters. The molecule has 0 bridgehead atoms. The summed E-state index contributed by atoms with van der Waals surface area (Å²) in [4.78, 5) is 25.6. The highest BCUT2D eigenvalue weighted by molar-refractivity contribution is 5.76. The van der Waals surface area contributed by atoms with Crippen LogP contribution in [0.2, 0.25) is 0 Å². The lowest BCUT2D eigenvalue weighted by Gasteiger charge is -2.34. The monoisotopic (exact) mass is 341 g/mol. The van der Waals surface area contributed by atoms with Gasteiger partial charge in [-0.25, -0.2) is 4.98 Å². The zero-order valence-electron chi connectivity index (χ0n) is 15.2. The Morgan fingerprint density at radius 2 is 1.96 bits per heavy atom. The van der Waals surface area contributed by atoms with Crippen LogP contribution >= 0.6 is 0 Å². The molecule has 0 saturated carbocycles. The summed E-state index contributed by atoms with van der Waals surface area (Å²) in [5.74, 6) is 1.28. The van der Waals surface area contributed by atoms with Crippen LogP contribution in [0, 0.1) is 6.92 Å². The van der Waals surface area contributed by atoms with Crippen molar-refractivity contribution in [2.75, 3.05) is 26.2 Å². The van der Waals surface area contributed by atoms with Gasteiger partial charge < -0.3 is 9.47 Å². The molecule has 134 valence electrons. The van der Waals surface area contributed by atoms with Gasteiger partial charge in [-0.1, -0.05) is 13.0 Å². The van der Waals surface area contributed by atoms with Crippen LogP contribution < -0.4 is 0 Å². The SMILES string of the molecule is CCc1nccn1CCC(=O)N1CCN(Cc2ncccc2C)CC1. The van der Waals surface area contributed by atoms with E-state index in [2.05, 4.69) is 39.3 Å². The highest BCUT2D eigenvalue weighted by atomic mass is 16.2. The first-order chi connectivity index (χ1) is 12.2. The Kier molecular flexibility index (Phi) is 5.81. The van der Waals surface area contributed by atoms with Gasteiger partial charge in [-0.2, -0.15) is 0 Å². The molecular weight excluding hydrogens is 314 g/mol. The summed E-state index contributed by atoms with van der Waals surface area (Å²) in [5.41, 5.74) is 2.36. The Hall–Kier alpha value is -2.21. The van der Waals surface area contributed by atoms with Crippen LogP contribution in [0.25, 0.3) is 0 Å². The van der Waals surface area contributed by atoms with Crippen molar-refractivity contribution in [2.24, 2.45) is 0 Å². The topological polar surface area (TPSA) is 54.3 Å². The first-order valence-electron chi connectivity index (χ1n) is 9.08. The molecule has 25 heavy (non-hydrogen) atoms. The Bertz CT molecular complexity index is 703. The number of aryl methyl sites for hydroxylation is 3. The molecule has 1 aliphatic rings. The minimum Gasteiger partial charge on any atom is -0.340 e. The summed E-state index contributed by atoms with van der Waals surface area (Å²) in [6.07, 6.45) is 7.05. The molecule has 0 N–H and O–H groups in total. The van der Waals surface area contributed by atoms with Gasteiger partial charge in [0.15, 0.2) is 0 Å². The predicted octanol–water partition coefficient (Wildman–Crippen LogP) is 1.88.